The topological polar surface area (TPSA) is 62.5 Å². The highest BCUT2D eigenvalue weighted by Crippen LogP contribution is 2.36. The highest BCUT2D eigenvalue weighted by atomic mass is 32.2. The average molecular weight is 324 g/mol. The monoisotopic (exact) mass is 324 g/mol. The smallest absolute Gasteiger partial charge is 0.213 e. The fourth-order valence-electron chi connectivity index (χ4n) is 2.37. The van der Waals surface area contributed by atoms with Crippen LogP contribution in [0.2, 0.25) is 0 Å². The van der Waals surface area contributed by atoms with Gasteiger partial charge in [-0.3, -0.25) is 4.99 Å². The lowest BCUT2D eigenvalue weighted by atomic mass is 9.94. The van der Waals surface area contributed by atoms with Crippen LogP contribution in [-0.2, 0) is 12.0 Å². The average Bonchev–Trinajstić information content (AvgIpc) is 3.08. The summed E-state index contributed by atoms with van der Waals surface area (Å²) in [6, 6.07) is 0. The van der Waals surface area contributed by atoms with E-state index in [1.807, 2.05) is 18.0 Å². The summed E-state index contributed by atoms with van der Waals surface area (Å²) < 4.78 is 6.10. The van der Waals surface area contributed by atoms with Gasteiger partial charge in [0.15, 0.2) is 5.96 Å². The van der Waals surface area contributed by atoms with E-state index in [4.69, 9.17) is 4.42 Å². The van der Waals surface area contributed by atoms with Gasteiger partial charge in [0.05, 0.1) is 12.7 Å². The van der Waals surface area contributed by atoms with Gasteiger partial charge >= 0.3 is 0 Å². The summed E-state index contributed by atoms with van der Waals surface area (Å²) in [5.74, 6) is 3.65. The quantitative estimate of drug-likeness (QED) is 0.658. The third kappa shape index (κ3) is 4.66. The van der Waals surface area contributed by atoms with Crippen molar-refractivity contribution in [3.05, 3.63) is 17.8 Å². The van der Waals surface area contributed by atoms with Crippen LogP contribution in [0.15, 0.2) is 15.6 Å². The molecule has 2 rings (SSSR count). The summed E-state index contributed by atoms with van der Waals surface area (Å²) in [7, 11) is 1.79. The highest BCUT2D eigenvalue weighted by Gasteiger charge is 2.29. The second-order valence-electron chi connectivity index (χ2n) is 7.05. The van der Waals surface area contributed by atoms with Crippen LogP contribution < -0.4 is 10.6 Å². The maximum absolute atomic E-state index is 5.78. The summed E-state index contributed by atoms with van der Waals surface area (Å²) in [6.07, 6.45) is 4.38. The van der Waals surface area contributed by atoms with Crippen molar-refractivity contribution in [3.63, 3.8) is 0 Å². The molecular weight excluding hydrogens is 296 g/mol. The maximum atomic E-state index is 5.78. The number of nitrogens with one attached hydrogen (secondary N) is 2. The highest BCUT2D eigenvalue weighted by molar-refractivity contribution is 8.00. The second kappa shape index (κ2) is 6.94. The molecule has 6 heteroatoms. The number of hydrogen-bond acceptors (Lipinski definition) is 4. The Morgan fingerprint density at radius 2 is 2.23 bits per heavy atom. The molecule has 1 saturated heterocycles. The first-order chi connectivity index (χ1) is 10.3. The van der Waals surface area contributed by atoms with Crippen LogP contribution in [0.4, 0.5) is 0 Å². The van der Waals surface area contributed by atoms with Gasteiger partial charge in [0.1, 0.15) is 5.76 Å². The normalized spacial score (nSPS) is 22.9. The molecule has 1 fully saturated rings. The molecule has 1 aromatic rings. The fraction of sp³-hybridized carbons (Fsp3) is 0.750. The van der Waals surface area contributed by atoms with E-state index in [1.165, 1.54) is 18.6 Å². The molecule has 0 bridgehead atoms. The van der Waals surface area contributed by atoms with Gasteiger partial charge in [0.2, 0.25) is 5.89 Å². The lowest BCUT2D eigenvalue weighted by Gasteiger charge is -2.24. The van der Waals surface area contributed by atoms with Crippen LogP contribution in [0.3, 0.4) is 0 Å². The molecule has 124 valence electrons. The van der Waals surface area contributed by atoms with Crippen molar-refractivity contribution in [1.82, 2.24) is 15.6 Å². The molecule has 5 nitrogen and oxygen atoms in total. The van der Waals surface area contributed by atoms with Crippen molar-refractivity contribution in [2.45, 2.75) is 57.2 Å². The Bertz CT molecular complexity index is 512. The first-order valence-corrected chi connectivity index (χ1v) is 8.85. The van der Waals surface area contributed by atoms with Gasteiger partial charge in [0, 0.05) is 23.8 Å². The van der Waals surface area contributed by atoms with Gasteiger partial charge in [0.25, 0.3) is 0 Å². The summed E-state index contributed by atoms with van der Waals surface area (Å²) in [5, 5.41) is 6.67. The first-order valence-electron chi connectivity index (χ1n) is 7.86. The Kier molecular flexibility index (Phi) is 5.42. The Morgan fingerprint density at radius 3 is 2.77 bits per heavy atom. The van der Waals surface area contributed by atoms with E-state index < -0.39 is 0 Å². The molecule has 0 amide bonds. The Morgan fingerprint density at radius 1 is 1.45 bits per heavy atom. The van der Waals surface area contributed by atoms with Gasteiger partial charge < -0.3 is 15.1 Å². The van der Waals surface area contributed by atoms with Gasteiger partial charge in [-0.15, -0.1) is 0 Å². The largest absolute Gasteiger partial charge is 0.443 e. The maximum Gasteiger partial charge on any atom is 0.213 e. The number of thioether (sulfide) groups is 1. The van der Waals surface area contributed by atoms with Gasteiger partial charge in [-0.1, -0.05) is 20.8 Å². The van der Waals surface area contributed by atoms with Crippen molar-refractivity contribution in [1.29, 1.82) is 0 Å². The summed E-state index contributed by atoms with van der Waals surface area (Å²) >= 11 is 2.04. The minimum Gasteiger partial charge on any atom is -0.443 e. The number of hydrogen-bond donors (Lipinski definition) is 2. The zero-order valence-corrected chi connectivity index (χ0v) is 15.1. The molecule has 2 heterocycles. The number of guanidine groups is 1. The predicted octanol–water partition coefficient (Wildman–Crippen LogP) is 2.92. The van der Waals surface area contributed by atoms with Gasteiger partial charge in [-0.05, 0) is 25.5 Å². The van der Waals surface area contributed by atoms with Crippen LogP contribution in [0.5, 0.6) is 0 Å². The molecular formula is C16H28N4OS. The molecule has 0 saturated carbocycles. The Balaban J connectivity index is 1.82. The molecule has 0 aliphatic carbocycles. The minimum atomic E-state index is -0.0144. The molecule has 22 heavy (non-hydrogen) atoms. The van der Waals surface area contributed by atoms with E-state index >= 15 is 0 Å². The number of aliphatic imine (C=N–C) groups is 1. The SMILES string of the molecule is CN=C(NCc1ncc(C(C)(C)C)o1)NCC1(C)CCCS1. The summed E-state index contributed by atoms with van der Waals surface area (Å²) in [4.78, 5) is 8.59. The zero-order valence-electron chi connectivity index (χ0n) is 14.3. The lowest BCUT2D eigenvalue weighted by molar-refractivity contribution is 0.379. The van der Waals surface area contributed by atoms with Crippen LogP contribution in [0.25, 0.3) is 0 Å². The van der Waals surface area contributed by atoms with Crippen molar-refractivity contribution < 1.29 is 4.42 Å². The second-order valence-corrected chi connectivity index (χ2v) is 8.73. The molecule has 0 aromatic carbocycles. The Labute approximate surface area is 137 Å². The van der Waals surface area contributed by atoms with Crippen molar-refractivity contribution in [2.24, 2.45) is 4.99 Å². The third-order valence-corrected chi connectivity index (χ3v) is 5.39. The summed E-state index contributed by atoms with van der Waals surface area (Å²) in [5.41, 5.74) is -0.0144. The molecule has 1 aromatic heterocycles. The number of rotatable bonds is 4. The minimum absolute atomic E-state index is 0.0144. The van der Waals surface area contributed by atoms with E-state index in [1.54, 1.807) is 7.05 Å². The van der Waals surface area contributed by atoms with E-state index in [-0.39, 0.29) is 5.41 Å². The predicted molar refractivity (Wildman–Crippen MR) is 93.5 cm³/mol. The number of aromatic nitrogens is 1. The standard InChI is InChI=1S/C16H28N4OS/c1-15(2,3)12-9-18-13(21-12)10-19-14(17-5)20-11-16(4)7-6-8-22-16/h9H,6-8,10-11H2,1-5H3,(H2,17,19,20). The van der Waals surface area contributed by atoms with Gasteiger partial charge in [-0.25, -0.2) is 4.98 Å². The molecule has 1 aliphatic rings. The van der Waals surface area contributed by atoms with Crippen LogP contribution in [0, 0.1) is 0 Å². The molecule has 0 spiro atoms. The van der Waals surface area contributed by atoms with Crippen LogP contribution in [0.1, 0.15) is 52.2 Å². The molecule has 1 atom stereocenters. The Hall–Kier alpha value is -1.17. The van der Waals surface area contributed by atoms with Crippen LogP contribution >= 0.6 is 11.8 Å². The van der Waals surface area contributed by atoms with E-state index in [2.05, 4.69) is 48.3 Å². The van der Waals surface area contributed by atoms with Crippen molar-refractivity contribution in [2.75, 3.05) is 19.3 Å². The van der Waals surface area contributed by atoms with E-state index in [9.17, 15) is 0 Å². The first kappa shape index (κ1) is 17.2. The zero-order chi connectivity index (χ0) is 16.2. The molecule has 0 radical (unpaired) electrons. The molecule has 1 unspecified atom stereocenters. The summed E-state index contributed by atoms with van der Waals surface area (Å²) in [6.45, 7) is 10.1. The van der Waals surface area contributed by atoms with E-state index in [0.717, 1.165) is 18.3 Å². The molecule has 2 N–H and O–H groups in total. The number of nitrogens with zero attached hydrogens (tertiary/aromatic N) is 2. The van der Waals surface area contributed by atoms with Crippen molar-refractivity contribution >= 4 is 17.7 Å². The fourth-order valence-corrected chi connectivity index (χ4v) is 3.61. The number of oxazole rings is 1. The van der Waals surface area contributed by atoms with E-state index in [0.29, 0.717) is 17.2 Å². The van der Waals surface area contributed by atoms with Crippen LogP contribution in [-0.4, -0.2) is 35.0 Å². The third-order valence-electron chi connectivity index (χ3n) is 3.85. The molecule has 1 aliphatic heterocycles. The van der Waals surface area contributed by atoms with Crippen molar-refractivity contribution in [3.8, 4) is 0 Å². The lowest BCUT2D eigenvalue weighted by Crippen LogP contribution is -2.43. The van der Waals surface area contributed by atoms with Gasteiger partial charge in [-0.2, -0.15) is 11.8 Å².